The number of ether oxygens (including phenoxy) is 1. The number of hydrogen-bond acceptors (Lipinski definition) is 6. The minimum Gasteiger partial charge on any atom is -0.445 e. The van der Waals surface area contributed by atoms with Gasteiger partial charge in [0.15, 0.2) is 5.78 Å². The van der Waals surface area contributed by atoms with Gasteiger partial charge in [0.05, 0.1) is 6.04 Å². The Morgan fingerprint density at radius 3 is 1.94 bits per heavy atom. The van der Waals surface area contributed by atoms with Crippen molar-refractivity contribution in [3.8, 4) is 0 Å². The lowest BCUT2D eigenvalue weighted by atomic mass is 9.99. The standard InChI is InChI=1S/C22H27NO4.2CH4O/c24-15-9-3-8-14-21(25)20(16-18-10-4-1-5-11-18)23-22(26)27-17-19-12-6-2-7-13-19;2*1-2/h1-2,4-7,10-13,20,24H,3,8-9,14-17H2,(H,23,26);2*2H,1H3. The van der Waals surface area contributed by atoms with Crippen LogP contribution in [0.4, 0.5) is 4.79 Å². The van der Waals surface area contributed by atoms with Gasteiger partial charge in [-0.1, -0.05) is 67.1 Å². The lowest BCUT2D eigenvalue weighted by molar-refractivity contribution is -0.121. The molecule has 31 heavy (non-hydrogen) atoms. The van der Waals surface area contributed by atoms with Crippen molar-refractivity contribution in [2.24, 2.45) is 0 Å². The van der Waals surface area contributed by atoms with Crippen LogP contribution in [0.2, 0.25) is 0 Å². The average molecular weight is 434 g/mol. The quantitative estimate of drug-likeness (QED) is 0.405. The van der Waals surface area contributed by atoms with E-state index in [1.54, 1.807) is 0 Å². The van der Waals surface area contributed by atoms with Crippen LogP contribution in [0.15, 0.2) is 60.7 Å². The first-order valence-corrected chi connectivity index (χ1v) is 10.2. The Balaban J connectivity index is 0.00000212. The number of carbonyl (C=O) groups is 2. The third-order valence-electron chi connectivity index (χ3n) is 4.26. The maximum Gasteiger partial charge on any atom is 0.408 e. The van der Waals surface area contributed by atoms with Crippen molar-refractivity contribution in [2.75, 3.05) is 20.8 Å². The van der Waals surface area contributed by atoms with Crippen LogP contribution in [-0.2, 0) is 22.6 Å². The number of ketones is 1. The largest absolute Gasteiger partial charge is 0.445 e. The van der Waals surface area contributed by atoms with Crippen LogP contribution >= 0.6 is 0 Å². The summed E-state index contributed by atoms with van der Waals surface area (Å²) in [6.45, 7) is 0.293. The van der Waals surface area contributed by atoms with E-state index in [0.717, 1.165) is 31.8 Å². The fourth-order valence-corrected chi connectivity index (χ4v) is 2.76. The molecule has 2 rings (SSSR count). The first-order chi connectivity index (χ1) is 15.2. The van der Waals surface area contributed by atoms with Crippen LogP contribution in [-0.4, -0.2) is 54.1 Å². The van der Waals surface area contributed by atoms with Crippen LogP contribution in [0, 0.1) is 0 Å². The smallest absolute Gasteiger partial charge is 0.408 e. The van der Waals surface area contributed by atoms with Crippen molar-refractivity contribution in [1.82, 2.24) is 5.32 Å². The second kappa shape index (κ2) is 19.2. The number of nitrogens with one attached hydrogen (secondary N) is 1. The molecule has 0 fully saturated rings. The van der Waals surface area contributed by atoms with Gasteiger partial charge in [0.1, 0.15) is 6.61 Å². The molecule has 0 aromatic heterocycles. The molecule has 0 aliphatic heterocycles. The molecular weight excluding hydrogens is 398 g/mol. The highest BCUT2D eigenvalue weighted by Gasteiger charge is 2.21. The number of rotatable bonds is 11. The van der Waals surface area contributed by atoms with Gasteiger partial charge in [-0.05, 0) is 30.4 Å². The topological polar surface area (TPSA) is 116 Å². The van der Waals surface area contributed by atoms with Crippen molar-refractivity contribution in [3.05, 3.63) is 71.8 Å². The van der Waals surface area contributed by atoms with E-state index in [2.05, 4.69) is 5.32 Å². The summed E-state index contributed by atoms with van der Waals surface area (Å²) in [5.74, 6) is -0.0200. The number of unbranched alkanes of at least 4 members (excludes halogenated alkanes) is 2. The highest BCUT2D eigenvalue weighted by Crippen LogP contribution is 2.09. The van der Waals surface area contributed by atoms with Gasteiger partial charge in [-0.15, -0.1) is 0 Å². The highest BCUT2D eigenvalue weighted by molar-refractivity contribution is 5.87. The number of Topliss-reactive ketones (excluding diaryl/α,β-unsaturated/α-hetero) is 1. The van der Waals surface area contributed by atoms with Crippen LogP contribution in [0.5, 0.6) is 0 Å². The second-order valence-electron chi connectivity index (χ2n) is 6.45. The summed E-state index contributed by atoms with van der Waals surface area (Å²) in [6.07, 6.45) is 2.38. The molecule has 2 aromatic carbocycles. The van der Waals surface area contributed by atoms with E-state index in [4.69, 9.17) is 20.1 Å². The fraction of sp³-hybridized carbons (Fsp3) is 0.417. The predicted molar refractivity (Wildman–Crippen MR) is 121 cm³/mol. The number of amides is 1. The van der Waals surface area contributed by atoms with E-state index in [1.807, 2.05) is 60.7 Å². The molecule has 0 heterocycles. The number of aliphatic hydroxyl groups excluding tert-OH is 3. The normalized spacial score (nSPS) is 10.5. The zero-order valence-electron chi connectivity index (χ0n) is 18.4. The Hall–Kier alpha value is -2.74. The molecule has 0 saturated carbocycles. The first kappa shape index (κ1) is 28.3. The Labute approximate surface area is 184 Å². The molecule has 0 aliphatic rings. The number of aliphatic hydroxyl groups is 3. The fourth-order valence-electron chi connectivity index (χ4n) is 2.76. The Kier molecular flexibility index (Phi) is 17.5. The lowest BCUT2D eigenvalue weighted by Gasteiger charge is -2.18. The van der Waals surface area contributed by atoms with Gasteiger partial charge in [-0.3, -0.25) is 4.79 Å². The summed E-state index contributed by atoms with van der Waals surface area (Å²) in [5, 5.41) is 25.6. The van der Waals surface area contributed by atoms with Gasteiger partial charge in [0, 0.05) is 27.2 Å². The molecule has 2 aromatic rings. The highest BCUT2D eigenvalue weighted by atomic mass is 16.5. The van der Waals surface area contributed by atoms with Crippen LogP contribution in [0.25, 0.3) is 0 Å². The number of benzene rings is 2. The summed E-state index contributed by atoms with van der Waals surface area (Å²) in [5.41, 5.74) is 1.87. The van der Waals surface area contributed by atoms with E-state index in [1.165, 1.54) is 0 Å². The maximum absolute atomic E-state index is 12.6. The molecule has 1 amide bonds. The SMILES string of the molecule is CO.CO.O=C(NC(Cc1ccccc1)C(=O)CCCCCO)OCc1ccccc1. The number of hydrogen-bond donors (Lipinski definition) is 4. The third-order valence-corrected chi connectivity index (χ3v) is 4.26. The van der Waals surface area contributed by atoms with Gasteiger partial charge >= 0.3 is 6.09 Å². The van der Waals surface area contributed by atoms with Crippen LogP contribution < -0.4 is 5.32 Å². The first-order valence-electron chi connectivity index (χ1n) is 10.2. The lowest BCUT2D eigenvalue weighted by Crippen LogP contribution is -2.42. The zero-order chi connectivity index (χ0) is 23.3. The molecule has 172 valence electrons. The Morgan fingerprint density at radius 2 is 1.39 bits per heavy atom. The van der Waals surface area contributed by atoms with E-state index < -0.39 is 12.1 Å². The van der Waals surface area contributed by atoms with Crippen LogP contribution in [0.1, 0.15) is 36.8 Å². The van der Waals surface area contributed by atoms with Crippen molar-refractivity contribution in [1.29, 1.82) is 0 Å². The van der Waals surface area contributed by atoms with Crippen molar-refractivity contribution >= 4 is 11.9 Å². The number of carbonyl (C=O) groups excluding carboxylic acids is 2. The van der Waals surface area contributed by atoms with Crippen molar-refractivity contribution in [2.45, 2.75) is 44.8 Å². The summed E-state index contributed by atoms with van der Waals surface area (Å²) in [6, 6.07) is 18.4. The second-order valence-corrected chi connectivity index (χ2v) is 6.45. The monoisotopic (exact) mass is 433 g/mol. The minimum atomic E-state index is -0.621. The molecule has 0 bridgehead atoms. The molecule has 0 saturated heterocycles. The van der Waals surface area contributed by atoms with E-state index in [-0.39, 0.29) is 19.0 Å². The molecule has 0 spiro atoms. The molecule has 7 nitrogen and oxygen atoms in total. The molecule has 4 N–H and O–H groups in total. The zero-order valence-corrected chi connectivity index (χ0v) is 18.4. The average Bonchev–Trinajstić information content (AvgIpc) is 2.84. The molecule has 0 radical (unpaired) electrons. The van der Waals surface area contributed by atoms with Gasteiger partial charge in [-0.2, -0.15) is 0 Å². The summed E-state index contributed by atoms with van der Waals surface area (Å²) < 4.78 is 5.25. The minimum absolute atomic E-state index is 0.0200. The van der Waals surface area contributed by atoms with Gasteiger partial charge < -0.3 is 25.4 Å². The molecule has 1 atom stereocenters. The summed E-state index contributed by atoms with van der Waals surface area (Å²) >= 11 is 0. The number of alkyl carbamates (subject to hydrolysis) is 1. The van der Waals surface area contributed by atoms with Crippen molar-refractivity contribution < 1.29 is 29.6 Å². The molecule has 1 unspecified atom stereocenters. The summed E-state index contributed by atoms with van der Waals surface area (Å²) in [7, 11) is 2.00. The van der Waals surface area contributed by atoms with E-state index >= 15 is 0 Å². The van der Waals surface area contributed by atoms with Crippen molar-refractivity contribution in [3.63, 3.8) is 0 Å². The van der Waals surface area contributed by atoms with Gasteiger partial charge in [-0.25, -0.2) is 4.79 Å². The van der Waals surface area contributed by atoms with Crippen LogP contribution in [0.3, 0.4) is 0 Å². The Bertz CT molecular complexity index is 694. The molecule has 0 aliphatic carbocycles. The van der Waals surface area contributed by atoms with E-state index in [9.17, 15) is 9.59 Å². The van der Waals surface area contributed by atoms with Gasteiger partial charge in [0.2, 0.25) is 0 Å². The van der Waals surface area contributed by atoms with Gasteiger partial charge in [0.25, 0.3) is 0 Å². The summed E-state index contributed by atoms with van der Waals surface area (Å²) in [4.78, 5) is 24.8. The Morgan fingerprint density at radius 1 is 0.839 bits per heavy atom. The maximum atomic E-state index is 12.6. The van der Waals surface area contributed by atoms with E-state index in [0.29, 0.717) is 25.7 Å². The molecule has 7 heteroatoms. The third kappa shape index (κ3) is 13.2. The predicted octanol–water partition coefficient (Wildman–Crippen LogP) is 2.86. The molecular formula is C24H35NO6.